The normalized spacial score (nSPS) is 33.8. The Labute approximate surface area is 176 Å². The van der Waals surface area contributed by atoms with E-state index >= 15 is 0 Å². The molecule has 0 spiro atoms. The number of rotatable bonds is 5. The van der Waals surface area contributed by atoms with Gasteiger partial charge in [0, 0.05) is 17.8 Å². The average molecular weight is 417 g/mol. The molecule has 1 amide bonds. The van der Waals surface area contributed by atoms with Crippen molar-refractivity contribution in [3.63, 3.8) is 0 Å². The smallest absolute Gasteiger partial charge is 0.242 e. The van der Waals surface area contributed by atoms with Crippen molar-refractivity contribution >= 4 is 17.5 Å². The monoisotopic (exact) mass is 416 g/mol. The van der Waals surface area contributed by atoms with E-state index in [1.165, 1.54) is 6.42 Å². The molecule has 4 fully saturated rings. The lowest BCUT2D eigenvalue weighted by atomic mass is 9.46. The molecule has 4 aliphatic rings. The predicted octanol–water partition coefficient (Wildman–Crippen LogP) is 3.63. The summed E-state index contributed by atoms with van der Waals surface area (Å²) in [5, 5.41) is 12.5. The van der Waals surface area contributed by atoms with Crippen molar-refractivity contribution in [3.05, 3.63) is 29.1 Å². The largest absolute Gasteiger partial charge is 0.349 e. The van der Waals surface area contributed by atoms with E-state index in [-0.39, 0.29) is 28.2 Å². The van der Waals surface area contributed by atoms with Crippen molar-refractivity contribution in [2.75, 3.05) is 0 Å². The summed E-state index contributed by atoms with van der Waals surface area (Å²) >= 11 is 6.03. The van der Waals surface area contributed by atoms with Crippen LogP contribution in [-0.2, 0) is 16.9 Å². The summed E-state index contributed by atoms with van der Waals surface area (Å²) in [7, 11) is 0. The summed E-state index contributed by atoms with van der Waals surface area (Å²) in [6, 6.07) is -0.0485. The van der Waals surface area contributed by atoms with Crippen LogP contribution in [0.2, 0.25) is 5.28 Å². The lowest BCUT2D eigenvalue weighted by Crippen LogP contribution is -2.61. The van der Waals surface area contributed by atoms with Gasteiger partial charge in [-0.3, -0.25) is 9.48 Å². The Hall–Kier alpha value is -1.89. The zero-order valence-corrected chi connectivity index (χ0v) is 18.1. The maximum atomic E-state index is 13.6. The highest BCUT2D eigenvalue weighted by atomic mass is 35.5. The van der Waals surface area contributed by atoms with Gasteiger partial charge in [-0.05, 0) is 82.7 Å². The van der Waals surface area contributed by atoms with E-state index < -0.39 is 0 Å². The van der Waals surface area contributed by atoms with E-state index in [1.54, 1.807) is 6.33 Å². The molecule has 2 heterocycles. The minimum atomic E-state index is -0.314. The molecule has 0 radical (unpaired) electrons. The number of carbonyl (C=O) groups excluding carboxylic acids is 1. The molecule has 7 nitrogen and oxygen atoms in total. The molecule has 0 saturated heterocycles. The first kappa shape index (κ1) is 19.1. The highest BCUT2D eigenvalue weighted by Crippen LogP contribution is 2.64. The first-order valence-electron chi connectivity index (χ1n) is 10.7. The Balaban J connectivity index is 1.41. The highest BCUT2D eigenvalue weighted by molar-refractivity contribution is 6.28. The number of aryl methyl sites for hydroxylation is 1. The minimum absolute atomic E-state index is 0.0485. The van der Waals surface area contributed by atoms with Gasteiger partial charge >= 0.3 is 0 Å². The van der Waals surface area contributed by atoms with Gasteiger partial charge in [-0.1, -0.05) is 0 Å². The molecule has 0 aromatic carbocycles. The van der Waals surface area contributed by atoms with Crippen molar-refractivity contribution in [1.82, 2.24) is 29.9 Å². The van der Waals surface area contributed by atoms with Crippen molar-refractivity contribution in [2.24, 2.45) is 17.3 Å². The third-order valence-electron chi connectivity index (χ3n) is 7.72. The third-order valence-corrected chi connectivity index (χ3v) is 7.89. The Morgan fingerprint density at radius 3 is 2.66 bits per heavy atom. The first-order valence-corrected chi connectivity index (χ1v) is 11.1. The van der Waals surface area contributed by atoms with Gasteiger partial charge in [0.1, 0.15) is 6.33 Å². The van der Waals surface area contributed by atoms with E-state index in [0.717, 1.165) is 49.9 Å². The van der Waals surface area contributed by atoms with Crippen LogP contribution in [0.3, 0.4) is 0 Å². The van der Waals surface area contributed by atoms with Gasteiger partial charge in [-0.25, -0.2) is 9.67 Å². The minimum Gasteiger partial charge on any atom is -0.349 e. The fourth-order valence-electron chi connectivity index (χ4n) is 6.85. The topological polar surface area (TPSA) is 77.6 Å². The SMILES string of the molecule is CCn1ncc(C(C)NC(=O)C23CC4CC(C2)CC(n2cnc(Cl)n2)(C4)C3)c1C. The van der Waals surface area contributed by atoms with Crippen molar-refractivity contribution in [3.8, 4) is 0 Å². The molecule has 8 heteroatoms. The number of hydrogen-bond acceptors (Lipinski definition) is 4. The standard InChI is InChI=1S/C21H29ClN6O/c1-4-27-14(3)17(10-24-27)13(2)25-18(29)20-6-15-5-16(7-20)9-21(8-15,11-20)28-12-23-19(22)26-28/h10,12-13,15-16H,4-9,11H2,1-3H3,(H,25,29). The molecule has 0 aliphatic heterocycles. The van der Waals surface area contributed by atoms with Crippen molar-refractivity contribution in [1.29, 1.82) is 0 Å². The van der Waals surface area contributed by atoms with Gasteiger partial charge in [0.15, 0.2) is 0 Å². The third kappa shape index (κ3) is 2.92. The number of nitrogens with one attached hydrogen (secondary N) is 1. The fraction of sp³-hybridized carbons (Fsp3) is 0.714. The molecular formula is C21H29ClN6O. The molecule has 4 bridgehead atoms. The maximum absolute atomic E-state index is 13.6. The van der Waals surface area contributed by atoms with Gasteiger partial charge in [-0.15, -0.1) is 5.10 Å². The van der Waals surface area contributed by atoms with Crippen LogP contribution in [0.15, 0.2) is 12.5 Å². The lowest BCUT2D eigenvalue weighted by Gasteiger charge is -2.61. The Morgan fingerprint density at radius 2 is 2.07 bits per heavy atom. The molecule has 29 heavy (non-hydrogen) atoms. The van der Waals surface area contributed by atoms with Crippen LogP contribution in [0.25, 0.3) is 0 Å². The summed E-state index contributed by atoms with van der Waals surface area (Å²) in [6.07, 6.45) is 9.84. The molecule has 2 aromatic heterocycles. The summed E-state index contributed by atoms with van der Waals surface area (Å²) in [5.41, 5.74) is 1.79. The van der Waals surface area contributed by atoms with Crippen LogP contribution in [0, 0.1) is 24.2 Å². The molecular weight excluding hydrogens is 388 g/mol. The van der Waals surface area contributed by atoms with Crippen LogP contribution in [-0.4, -0.2) is 30.5 Å². The van der Waals surface area contributed by atoms with Crippen molar-refractivity contribution in [2.45, 2.75) is 77.4 Å². The van der Waals surface area contributed by atoms with Gasteiger partial charge < -0.3 is 5.32 Å². The van der Waals surface area contributed by atoms with Gasteiger partial charge in [-0.2, -0.15) is 5.10 Å². The number of halogens is 1. The Kier molecular flexibility index (Phi) is 4.32. The number of nitrogens with zero attached hydrogens (tertiary/aromatic N) is 5. The second-order valence-corrected chi connectivity index (χ2v) is 9.96. The van der Waals surface area contributed by atoms with Crippen LogP contribution >= 0.6 is 11.6 Å². The number of amides is 1. The van der Waals surface area contributed by atoms with Gasteiger partial charge in [0.2, 0.25) is 11.2 Å². The molecule has 4 aliphatic carbocycles. The van der Waals surface area contributed by atoms with Crippen molar-refractivity contribution < 1.29 is 4.79 Å². The molecule has 2 aromatic rings. The second-order valence-electron chi connectivity index (χ2n) is 9.62. The van der Waals surface area contributed by atoms with E-state index in [0.29, 0.717) is 11.8 Å². The molecule has 156 valence electrons. The summed E-state index contributed by atoms with van der Waals surface area (Å²) in [5.74, 6) is 1.34. The fourth-order valence-corrected chi connectivity index (χ4v) is 6.98. The van der Waals surface area contributed by atoms with E-state index in [4.69, 9.17) is 11.6 Å². The lowest BCUT2D eigenvalue weighted by molar-refractivity contribution is -0.156. The second kappa shape index (κ2) is 6.56. The zero-order chi connectivity index (χ0) is 20.4. The van der Waals surface area contributed by atoms with Crippen LogP contribution < -0.4 is 5.32 Å². The molecule has 3 atom stereocenters. The molecule has 1 N–H and O–H groups in total. The molecule has 4 saturated carbocycles. The Bertz CT molecular complexity index is 935. The zero-order valence-electron chi connectivity index (χ0n) is 17.4. The van der Waals surface area contributed by atoms with E-state index in [2.05, 4.69) is 41.3 Å². The molecule has 6 rings (SSSR count). The summed E-state index contributed by atoms with van der Waals surface area (Å²) in [6.45, 7) is 7.05. The predicted molar refractivity (Wildman–Crippen MR) is 109 cm³/mol. The van der Waals surface area contributed by atoms with Crippen LogP contribution in [0.4, 0.5) is 0 Å². The van der Waals surface area contributed by atoms with Gasteiger partial charge in [0.05, 0.1) is 23.2 Å². The van der Waals surface area contributed by atoms with E-state index in [1.807, 2.05) is 15.6 Å². The summed E-state index contributed by atoms with van der Waals surface area (Å²) in [4.78, 5) is 17.8. The maximum Gasteiger partial charge on any atom is 0.242 e. The van der Waals surface area contributed by atoms with E-state index in [9.17, 15) is 4.79 Å². The number of carbonyl (C=O) groups is 1. The first-order chi connectivity index (χ1) is 13.8. The highest BCUT2D eigenvalue weighted by Gasteiger charge is 2.61. The average Bonchev–Trinajstić information content (AvgIpc) is 3.26. The Morgan fingerprint density at radius 1 is 1.34 bits per heavy atom. The summed E-state index contributed by atoms with van der Waals surface area (Å²) < 4.78 is 3.94. The van der Waals surface area contributed by atoms with Crippen LogP contribution in [0.1, 0.15) is 69.7 Å². The number of hydrogen-bond donors (Lipinski definition) is 1. The molecule has 3 unspecified atom stereocenters. The quantitative estimate of drug-likeness (QED) is 0.807. The van der Waals surface area contributed by atoms with Crippen LogP contribution in [0.5, 0.6) is 0 Å². The number of aromatic nitrogens is 5. The van der Waals surface area contributed by atoms with Gasteiger partial charge in [0.25, 0.3) is 0 Å².